The van der Waals surface area contributed by atoms with Crippen LogP contribution in [0.2, 0.25) is 0 Å². The van der Waals surface area contributed by atoms with Crippen molar-refractivity contribution in [2.45, 2.75) is 46.0 Å². The highest BCUT2D eigenvalue weighted by atomic mass is 19.4. The Labute approximate surface area is 118 Å². The van der Waals surface area contributed by atoms with Gasteiger partial charge in [-0.05, 0) is 43.0 Å². The van der Waals surface area contributed by atoms with E-state index in [1.807, 2.05) is 7.05 Å². The van der Waals surface area contributed by atoms with Crippen LogP contribution < -0.4 is 10.1 Å². The zero-order chi connectivity index (χ0) is 15.4. The molecule has 0 saturated heterocycles. The molecule has 1 rings (SSSR count). The molecular formula is C15H22F3NO. The molecule has 2 nitrogen and oxygen atoms in total. The SMILES string of the molecule is CNC(CCc1ccc(OC(F)(F)F)cc1)C(C)(C)C. The first-order chi connectivity index (χ1) is 9.12. The van der Waals surface area contributed by atoms with E-state index in [0.29, 0.717) is 6.04 Å². The molecule has 0 heterocycles. The predicted octanol–water partition coefficient (Wildman–Crippen LogP) is 4.15. The molecule has 0 aliphatic rings. The summed E-state index contributed by atoms with van der Waals surface area (Å²) in [6, 6.07) is 6.42. The number of rotatable bonds is 5. The zero-order valence-electron chi connectivity index (χ0n) is 12.3. The van der Waals surface area contributed by atoms with E-state index in [1.165, 1.54) is 12.1 Å². The molecule has 1 aromatic rings. The summed E-state index contributed by atoms with van der Waals surface area (Å²) in [4.78, 5) is 0. The van der Waals surface area contributed by atoms with Crippen molar-refractivity contribution in [3.05, 3.63) is 29.8 Å². The minimum absolute atomic E-state index is 0.147. The summed E-state index contributed by atoms with van der Waals surface area (Å²) in [5, 5.41) is 3.28. The molecule has 0 saturated carbocycles. The number of hydrogen-bond acceptors (Lipinski definition) is 2. The highest BCUT2D eigenvalue weighted by molar-refractivity contribution is 5.27. The fourth-order valence-corrected chi connectivity index (χ4v) is 2.18. The molecule has 0 spiro atoms. The van der Waals surface area contributed by atoms with Crippen LogP contribution in [0.15, 0.2) is 24.3 Å². The van der Waals surface area contributed by atoms with Crippen molar-refractivity contribution in [1.82, 2.24) is 5.32 Å². The fourth-order valence-electron chi connectivity index (χ4n) is 2.18. The summed E-state index contributed by atoms with van der Waals surface area (Å²) in [7, 11) is 1.93. The zero-order valence-corrected chi connectivity index (χ0v) is 12.3. The molecule has 114 valence electrons. The lowest BCUT2D eigenvalue weighted by Gasteiger charge is -2.30. The number of alkyl halides is 3. The van der Waals surface area contributed by atoms with E-state index in [0.717, 1.165) is 18.4 Å². The van der Waals surface area contributed by atoms with Crippen molar-refractivity contribution in [1.29, 1.82) is 0 Å². The first kappa shape index (κ1) is 16.8. The van der Waals surface area contributed by atoms with Gasteiger partial charge in [0.2, 0.25) is 0 Å². The van der Waals surface area contributed by atoms with Gasteiger partial charge in [-0.3, -0.25) is 0 Å². The molecule has 0 aliphatic carbocycles. The fraction of sp³-hybridized carbons (Fsp3) is 0.600. The summed E-state index contributed by atoms with van der Waals surface area (Å²) < 4.78 is 40.0. The number of halogens is 3. The van der Waals surface area contributed by atoms with Crippen molar-refractivity contribution >= 4 is 0 Å². The van der Waals surface area contributed by atoms with Gasteiger partial charge in [-0.25, -0.2) is 0 Å². The van der Waals surface area contributed by atoms with Crippen LogP contribution in [0.4, 0.5) is 13.2 Å². The number of nitrogens with one attached hydrogen (secondary N) is 1. The van der Waals surface area contributed by atoms with Gasteiger partial charge in [-0.15, -0.1) is 13.2 Å². The van der Waals surface area contributed by atoms with Gasteiger partial charge in [0, 0.05) is 6.04 Å². The van der Waals surface area contributed by atoms with Crippen LogP contribution in [-0.4, -0.2) is 19.5 Å². The van der Waals surface area contributed by atoms with E-state index in [2.05, 4.69) is 30.8 Å². The van der Waals surface area contributed by atoms with Crippen LogP contribution in [0.5, 0.6) is 5.75 Å². The second-order valence-corrected chi connectivity index (χ2v) is 5.94. The molecule has 0 fully saturated rings. The van der Waals surface area contributed by atoms with Crippen molar-refractivity contribution in [3.8, 4) is 5.75 Å². The van der Waals surface area contributed by atoms with E-state index in [1.54, 1.807) is 12.1 Å². The van der Waals surface area contributed by atoms with E-state index < -0.39 is 6.36 Å². The van der Waals surface area contributed by atoms with E-state index in [-0.39, 0.29) is 11.2 Å². The van der Waals surface area contributed by atoms with E-state index >= 15 is 0 Å². The quantitative estimate of drug-likeness (QED) is 0.879. The first-order valence-corrected chi connectivity index (χ1v) is 6.64. The third-order valence-corrected chi connectivity index (χ3v) is 3.27. The van der Waals surface area contributed by atoms with Crippen LogP contribution in [0, 0.1) is 5.41 Å². The van der Waals surface area contributed by atoms with Gasteiger partial charge in [-0.2, -0.15) is 0 Å². The van der Waals surface area contributed by atoms with Crippen molar-refractivity contribution in [2.75, 3.05) is 7.05 Å². The van der Waals surface area contributed by atoms with Gasteiger partial charge in [0.05, 0.1) is 0 Å². The van der Waals surface area contributed by atoms with Crippen LogP contribution in [0.25, 0.3) is 0 Å². The van der Waals surface area contributed by atoms with E-state index in [9.17, 15) is 13.2 Å². The monoisotopic (exact) mass is 289 g/mol. The molecule has 0 aromatic heterocycles. The Morgan fingerprint density at radius 1 is 1.10 bits per heavy atom. The lowest BCUT2D eigenvalue weighted by molar-refractivity contribution is -0.274. The Morgan fingerprint density at radius 2 is 1.65 bits per heavy atom. The van der Waals surface area contributed by atoms with Crippen LogP contribution in [-0.2, 0) is 6.42 Å². The van der Waals surface area contributed by atoms with Crippen molar-refractivity contribution < 1.29 is 17.9 Å². The predicted molar refractivity (Wildman–Crippen MR) is 73.7 cm³/mol. The largest absolute Gasteiger partial charge is 0.573 e. The number of benzene rings is 1. The highest BCUT2D eigenvalue weighted by Gasteiger charge is 2.31. The standard InChI is InChI=1S/C15H22F3NO/c1-14(2,3)13(19-4)10-7-11-5-8-12(9-6-11)20-15(16,17)18/h5-6,8-9,13,19H,7,10H2,1-4H3. The molecule has 1 unspecified atom stereocenters. The Kier molecular flexibility index (Phi) is 5.45. The van der Waals surface area contributed by atoms with Crippen molar-refractivity contribution in [3.63, 3.8) is 0 Å². The molecule has 0 radical (unpaired) electrons. The maximum absolute atomic E-state index is 12.0. The summed E-state index contributed by atoms with van der Waals surface area (Å²) in [5.74, 6) is -0.178. The molecule has 0 bridgehead atoms. The highest BCUT2D eigenvalue weighted by Crippen LogP contribution is 2.25. The van der Waals surface area contributed by atoms with Crippen LogP contribution in [0.3, 0.4) is 0 Å². The number of hydrogen-bond donors (Lipinski definition) is 1. The third kappa shape index (κ3) is 5.82. The maximum atomic E-state index is 12.0. The smallest absolute Gasteiger partial charge is 0.406 e. The molecule has 1 atom stereocenters. The number of ether oxygens (including phenoxy) is 1. The van der Waals surface area contributed by atoms with Gasteiger partial charge < -0.3 is 10.1 Å². The lowest BCUT2D eigenvalue weighted by Crippen LogP contribution is -2.38. The van der Waals surface area contributed by atoms with Gasteiger partial charge in [0.1, 0.15) is 5.75 Å². The molecule has 1 aromatic carbocycles. The second-order valence-electron chi connectivity index (χ2n) is 5.94. The summed E-state index contributed by atoms with van der Waals surface area (Å²) in [6.45, 7) is 6.48. The summed E-state index contributed by atoms with van der Waals surface area (Å²) in [5.41, 5.74) is 1.15. The normalized spacial score (nSPS) is 14.2. The molecule has 1 N–H and O–H groups in total. The topological polar surface area (TPSA) is 21.3 Å². The Hall–Kier alpha value is -1.23. The van der Waals surface area contributed by atoms with Gasteiger partial charge in [-0.1, -0.05) is 32.9 Å². The maximum Gasteiger partial charge on any atom is 0.573 e. The Bertz CT molecular complexity index is 407. The average molecular weight is 289 g/mol. The molecule has 0 aliphatic heterocycles. The Balaban J connectivity index is 2.58. The number of aryl methyl sites for hydroxylation is 1. The summed E-state index contributed by atoms with van der Waals surface area (Å²) in [6.07, 6.45) is -2.89. The van der Waals surface area contributed by atoms with Gasteiger partial charge in [0.25, 0.3) is 0 Å². The average Bonchev–Trinajstić information content (AvgIpc) is 2.28. The van der Waals surface area contributed by atoms with Crippen molar-refractivity contribution in [2.24, 2.45) is 5.41 Å². The van der Waals surface area contributed by atoms with Crippen LogP contribution >= 0.6 is 0 Å². The molecule has 0 amide bonds. The molecule has 5 heteroatoms. The third-order valence-electron chi connectivity index (χ3n) is 3.27. The van der Waals surface area contributed by atoms with Gasteiger partial charge in [0.15, 0.2) is 0 Å². The minimum atomic E-state index is -4.63. The second kappa shape index (κ2) is 6.48. The molecular weight excluding hydrogens is 267 g/mol. The molecule has 20 heavy (non-hydrogen) atoms. The first-order valence-electron chi connectivity index (χ1n) is 6.64. The van der Waals surface area contributed by atoms with E-state index in [4.69, 9.17) is 0 Å². The lowest BCUT2D eigenvalue weighted by atomic mass is 9.83. The summed E-state index contributed by atoms with van der Waals surface area (Å²) >= 11 is 0. The minimum Gasteiger partial charge on any atom is -0.406 e. The van der Waals surface area contributed by atoms with Crippen LogP contribution in [0.1, 0.15) is 32.8 Å². The van der Waals surface area contributed by atoms with Gasteiger partial charge >= 0.3 is 6.36 Å². The Morgan fingerprint density at radius 3 is 2.05 bits per heavy atom.